The van der Waals surface area contributed by atoms with Crippen molar-refractivity contribution >= 4 is 17.3 Å². The molecular formula is C27H28FN3O2. The first-order valence-corrected chi connectivity index (χ1v) is 11.4. The minimum Gasteiger partial charge on any atom is -0.497 e. The fraction of sp³-hybridized carbons (Fsp3) is 0.296. The molecule has 0 saturated carbocycles. The number of para-hydroxylation sites is 1. The van der Waals surface area contributed by atoms with Crippen molar-refractivity contribution in [2.75, 3.05) is 36.5 Å². The number of fused-ring (bicyclic) bond motifs is 3. The Balaban J connectivity index is 1.43. The molecule has 2 aliphatic heterocycles. The van der Waals surface area contributed by atoms with E-state index in [9.17, 15) is 9.18 Å². The van der Waals surface area contributed by atoms with Crippen molar-refractivity contribution < 1.29 is 13.9 Å². The summed E-state index contributed by atoms with van der Waals surface area (Å²) >= 11 is 0. The van der Waals surface area contributed by atoms with E-state index in [-0.39, 0.29) is 23.7 Å². The van der Waals surface area contributed by atoms with Gasteiger partial charge in [-0.25, -0.2) is 4.39 Å². The van der Waals surface area contributed by atoms with Gasteiger partial charge in [-0.05, 0) is 35.7 Å². The number of carbonyl (C=O) groups excluding carboxylic acids is 1. The SMILES string of the molecule is COc1ccc2c(c1)N1CCN(c3ccccc3F)C[C@@H]1[C@@H](C(=O)NCc1ccccc1)C2. The quantitative estimate of drug-likeness (QED) is 0.645. The lowest BCUT2D eigenvalue weighted by Gasteiger charge is -2.49. The Hall–Kier alpha value is -3.54. The first kappa shape index (κ1) is 21.3. The van der Waals surface area contributed by atoms with Gasteiger partial charge in [-0.3, -0.25) is 4.79 Å². The number of hydrogen-bond donors (Lipinski definition) is 1. The van der Waals surface area contributed by atoms with Gasteiger partial charge in [-0.2, -0.15) is 0 Å². The van der Waals surface area contributed by atoms with E-state index in [1.165, 1.54) is 6.07 Å². The summed E-state index contributed by atoms with van der Waals surface area (Å²) in [5.74, 6) is 0.375. The molecule has 0 aliphatic carbocycles. The normalized spacial score (nSPS) is 19.5. The maximum absolute atomic E-state index is 14.5. The van der Waals surface area contributed by atoms with Gasteiger partial charge >= 0.3 is 0 Å². The van der Waals surface area contributed by atoms with Gasteiger partial charge in [0.2, 0.25) is 5.91 Å². The summed E-state index contributed by atoms with van der Waals surface area (Å²) in [6.45, 7) is 2.48. The maximum atomic E-state index is 14.5. The Morgan fingerprint density at radius 3 is 2.61 bits per heavy atom. The Morgan fingerprint density at radius 2 is 1.82 bits per heavy atom. The zero-order chi connectivity index (χ0) is 22.8. The maximum Gasteiger partial charge on any atom is 0.225 e. The van der Waals surface area contributed by atoms with Gasteiger partial charge < -0.3 is 19.9 Å². The van der Waals surface area contributed by atoms with Crippen LogP contribution >= 0.6 is 0 Å². The molecule has 5 rings (SSSR count). The number of amides is 1. The lowest BCUT2D eigenvalue weighted by Crippen LogP contribution is -2.61. The summed E-state index contributed by atoms with van der Waals surface area (Å²) in [5.41, 5.74) is 3.92. The van der Waals surface area contributed by atoms with Crippen LogP contribution in [0.4, 0.5) is 15.8 Å². The van der Waals surface area contributed by atoms with E-state index in [0.29, 0.717) is 38.3 Å². The second-order valence-corrected chi connectivity index (χ2v) is 8.67. The molecule has 0 spiro atoms. The topological polar surface area (TPSA) is 44.8 Å². The molecule has 33 heavy (non-hydrogen) atoms. The molecule has 6 heteroatoms. The Bertz CT molecular complexity index is 1140. The van der Waals surface area contributed by atoms with Crippen molar-refractivity contribution in [2.45, 2.75) is 19.0 Å². The van der Waals surface area contributed by atoms with Crippen molar-refractivity contribution in [3.63, 3.8) is 0 Å². The molecule has 0 radical (unpaired) electrons. The van der Waals surface area contributed by atoms with Gasteiger partial charge in [0.1, 0.15) is 11.6 Å². The number of halogens is 1. The number of nitrogens with zero attached hydrogens (tertiary/aromatic N) is 2. The Morgan fingerprint density at radius 1 is 1.03 bits per heavy atom. The molecule has 2 atom stereocenters. The van der Waals surface area contributed by atoms with E-state index in [1.807, 2.05) is 48.5 Å². The molecule has 3 aromatic rings. The number of hydrogen-bond acceptors (Lipinski definition) is 4. The Labute approximate surface area is 193 Å². The molecular weight excluding hydrogens is 417 g/mol. The first-order chi connectivity index (χ1) is 16.1. The smallest absolute Gasteiger partial charge is 0.225 e. The zero-order valence-corrected chi connectivity index (χ0v) is 18.7. The highest BCUT2D eigenvalue weighted by Gasteiger charge is 2.42. The van der Waals surface area contributed by atoms with E-state index in [4.69, 9.17) is 4.74 Å². The summed E-state index contributed by atoms with van der Waals surface area (Å²) in [4.78, 5) is 17.8. The van der Waals surface area contributed by atoms with Crippen molar-refractivity contribution in [3.05, 3.63) is 89.7 Å². The summed E-state index contributed by atoms with van der Waals surface area (Å²) in [7, 11) is 1.66. The molecule has 1 amide bonds. The largest absolute Gasteiger partial charge is 0.497 e. The zero-order valence-electron chi connectivity index (χ0n) is 18.7. The van der Waals surface area contributed by atoms with Crippen LogP contribution in [0.5, 0.6) is 5.75 Å². The molecule has 1 N–H and O–H groups in total. The number of carbonyl (C=O) groups is 1. The molecule has 2 heterocycles. The van der Waals surface area contributed by atoms with Crippen LogP contribution in [0.3, 0.4) is 0 Å². The summed E-state index contributed by atoms with van der Waals surface area (Å²) in [6.07, 6.45) is 0.645. The fourth-order valence-electron chi connectivity index (χ4n) is 5.05. The van der Waals surface area contributed by atoms with Crippen molar-refractivity contribution in [1.29, 1.82) is 0 Å². The molecule has 1 saturated heterocycles. The van der Waals surface area contributed by atoms with Crippen LogP contribution in [0.25, 0.3) is 0 Å². The lowest BCUT2D eigenvalue weighted by atomic mass is 9.83. The van der Waals surface area contributed by atoms with Gasteiger partial charge in [0.05, 0.1) is 24.8 Å². The highest BCUT2D eigenvalue weighted by molar-refractivity contribution is 5.82. The second-order valence-electron chi connectivity index (χ2n) is 8.67. The number of ether oxygens (including phenoxy) is 1. The summed E-state index contributed by atoms with van der Waals surface area (Å²) in [6, 6.07) is 22.8. The third-order valence-corrected chi connectivity index (χ3v) is 6.76. The molecule has 0 aromatic heterocycles. The minimum absolute atomic E-state index is 0.0331. The minimum atomic E-state index is -0.232. The van der Waals surface area contributed by atoms with Crippen molar-refractivity contribution in [1.82, 2.24) is 5.32 Å². The van der Waals surface area contributed by atoms with E-state index in [1.54, 1.807) is 13.2 Å². The summed E-state index contributed by atoms with van der Waals surface area (Å²) < 4.78 is 20.0. The van der Waals surface area contributed by atoms with Crippen LogP contribution in [0.15, 0.2) is 72.8 Å². The molecule has 0 unspecified atom stereocenters. The van der Waals surface area contributed by atoms with Gasteiger partial charge in [0.15, 0.2) is 0 Å². The van der Waals surface area contributed by atoms with E-state index >= 15 is 0 Å². The average molecular weight is 446 g/mol. The van der Waals surface area contributed by atoms with Gasteiger partial charge in [-0.15, -0.1) is 0 Å². The monoisotopic (exact) mass is 445 g/mol. The number of piperazine rings is 1. The molecule has 5 nitrogen and oxygen atoms in total. The predicted molar refractivity (Wildman–Crippen MR) is 128 cm³/mol. The number of rotatable bonds is 5. The molecule has 170 valence electrons. The van der Waals surface area contributed by atoms with Gasteiger partial charge in [-0.1, -0.05) is 48.5 Å². The molecule has 3 aromatic carbocycles. The first-order valence-electron chi connectivity index (χ1n) is 11.4. The van der Waals surface area contributed by atoms with Gasteiger partial charge in [0, 0.05) is 37.9 Å². The Kier molecular flexibility index (Phi) is 5.90. The second kappa shape index (κ2) is 9.14. The lowest BCUT2D eigenvalue weighted by molar-refractivity contribution is -0.126. The fourth-order valence-corrected chi connectivity index (χ4v) is 5.05. The molecule has 2 aliphatic rings. The average Bonchev–Trinajstić information content (AvgIpc) is 2.87. The van der Waals surface area contributed by atoms with Gasteiger partial charge in [0.25, 0.3) is 0 Å². The number of benzene rings is 3. The van der Waals surface area contributed by atoms with E-state index < -0.39 is 0 Å². The highest BCUT2D eigenvalue weighted by Crippen LogP contribution is 2.39. The number of methoxy groups -OCH3 is 1. The van der Waals surface area contributed by atoms with E-state index in [0.717, 1.165) is 22.6 Å². The number of anilines is 2. The predicted octanol–water partition coefficient (Wildman–Crippen LogP) is 4.02. The standard InChI is InChI=1S/C27H28FN3O2/c1-33-21-12-11-20-15-22(27(32)29-17-19-7-3-2-4-8-19)26-18-30(13-14-31(26)25(20)16-21)24-10-6-5-9-23(24)28/h2-12,16,22,26H,13-15,17-18H2,1H3,(H,29,32)/t22-,26+/m0/s1. The van der Waals surface area contributed by atoms with Crippen molar-refractivity contribution in [2.24, 2.45) is 5.92 Å². The summed E-state index contributed by atoms with van der Waals surface area (Å²) in [5, 5.41) is 3.14. The highest BCUT2D eigenvalue weighted by atomic mass is 19.1. The van der Waals surface area contributed by atoms with Crippen LogP contribution in [-0.2, 0) is 17.8 Å². The molecule has 1 fully saturated rings. The third kappa shape index (κ3) is 4.25. The van der Waals surface area contributed by atoms with Crippen LogP contribution in [0.2, 0.25) is 0 Å². The number of nitrogens with one attached hydrogen (secondary N) is 1. The van der Waals surface area contributed by atoms with Crippen molar-refractivity contribution in [3.8, 4) is 5.75 Å². The van der Waals surface area contributed by atoms with Crippen LogP contribution in [-0.4, -0.2) is 38.7 Å². The van der Waals surface area contributed by atoms with Crippen LogP contribution in [0.1, 0.15) is 11.1 Å². The van der Waals surface area contributed by atoms with E-state index in [2.05, 4.69) is 27.2 Å². The molecule has 0 bridgehead atoms. The van der Waals surface area contributed by atoms with Crippen LogP contribution in [0, 0.1) is 11.7 Å². The third-order valence-electron chi connectivity index (χ3n) is 6.76. The van der Waals surface area contributed by atoms with Crippen LogP contribution < -0.4 is 19.9 Å².